The maximum Gasteiger partial charge on any atom is 0.490 e. The van der Waals surface area contributed by atoms with Gasteiger partial charge in [0.05, 0.1) is 17.1 Å². The van der Waals surface area contributed by atoms with E-state index in [-0.39, 0.29) is 42.4 Å². The number of benzene rings is 3. The Balaban J connectivity index is 0.000000471. The van der Waals surface area contributed by atoms with Crippen molar-refractivity contribution in [1.82, 2.24) is 29.9 Å². The van der Waals surface area contributed by atoms with E-state index in [1.54, 1.807) is 36.9 Å². The van der Waals surface area contributed by atoms with Crippen LogP contribution in [0.1, 0.15) is 55.7 Å². The summed E-state index contributed by atoms with van der Waals surface area (Å²) in [5, 5.41) is 18.7. The van der Waals surface area contributed by atoms with Crippen LogP contribution in [0.2, 0.25) is 0 Å². The second-order valence-electron chi connectivity index (χ2n) is 14.9. The fourth-order valence-electron chi connectivity index (χ4n) is 7.33. The topological polar surface area (TPSA) is 118 Å². The molecule has 0 saturated heterocycles. The Morgan fingerprint density at radius 1 is 0.449 bits per heavy atom. The first kappa shape index (κ1) is 58.9. The summed E-state index contributed by atoms with van der Waals surface area (Å²) >= 11 is 3.20. The molecular formula is C57H62B2BrIrN6O2-. The summed E-state index contributed by atoms with van der Waals surface area (Å²) in [7, 11) is 2.25. The largest absolute Gasteiger partial charge is 0.490 e. The summed E-state index contributed by atoms with van der Waals surface area (Å²) in [6.45, 7) is 12.5. The molecule has 0 spiro atoms. The summed E-state index contributed by atoms with van der Waals surface area (Å²) in [5.41, 5.74) is 17.3. The standard InChI is InChI=1S/C18H16N2.C18H15N2.C13H14BNO2.C5H4BrN.3CH4.BH.Ir/c2*1-13-7-5-8-14(2)17(13)18-15(9-6-12-20-18)16-10-3-4-11-19-16;1-9-5-3-6-10(2)12(9)13-11(14(16)17)7-4-8-15-13;6-5-3-1-2-4-7-5;;;;;/h3-12H,1-2H3;3-8,10-12H,1-2H3;3-8,16-17H,1-2H3;1-4H;3*1H4;1H;/q;-1;;;;;;;/i;;;;;;;1D;. The minimum absolute atomic E-state index is 0. The Morgan fingerprint density at radius 2 is 0.855 bits per heavy atom. The van der Waals surface area contributed by atoms with Crippen LogP contribution < -0.4 is 5.46 Å². The SMILES string of the molecule is Brc1ccccn1.C.C.C.Cc1cccc(C)c1-c1ncc[c-]c1-c1ccccn1.Cc1cccc(C)c1-c1ncccc1-c1ccccn1.Cc1cccc(C)c1-c1ncccc1B(O)O.[2H][B].[Ir]. The molecule has 0 bridgehead atoms. The molecule has 3 aromatic carbocycles. The van der Waals surface area contributed by atoms with Gasteiger partial charge in [0.1, 0.15) is 4.60 Å². The van der Waals surface area contributed by atoms with Crippen LogP contribution in [0.25, 0.3) is 56.3 Å². The number of hydrogen-bond acceptors (Lipinski definition) is 8. The number of aryl methyl sites for hydroxylation is 6. The van der Waals surface area contributed by atoms with Crippen LogP contribution >= 0.6 is 15.9 Å². The van der Waals surface area contributed by atoms with Crippen molar-refractivity contribution >= 4 is 36.9 Å². The molecule has 0 unspecified atom stereocenters. The molecule has 0 aliphatic rings. The molecule has 355 valence electrons. The van der Waals surface area contributed by atoms with E-state index in [0.29, 0.717) is 11.2 Å². The molecule has 0 atom stereocenters. The molecule has 6 heterocycles. The van der Waals surface area contributed by atoms with Crippen LogP contribution in [0.3, 0.4) is 0 Å². The number of pyridine rings is 6. The minimum Gasteiger partial charge on any atom is -0.423 e. The molecule has 8 nitrogen and oxygen atoms in total. The third-order valence-corrected chi connectivity index (χ3v) is 10.8. The van der Waals surface area contributed by atoms with Gasteiger partial charge in [-0.25, -0.2) is 4.98 Å². The molecule has 2 N–H and O–H groups in total. The number of rotatable bonds is 6. The second kappa shape index (κ2) is 30.3. The van der Waals surface area contributed by atoms with E-state index in [2.05, 4.69) is 130 Å². The molecule has 3 radical (unpaired) electrons. The average molecular weight is 1160 g/mol. The molecule has 0 fully saturated rings. The van der Waals surface area contributed by atoms with Crippen molar-refractivity contribution in [2.24, 2.45) is 0 Å². The fraction of sp³-hybridized carbons (Fsp3) is 0.158. The maximum absolute atomic E-state index is 9.36. The Hall–Kier alpha value is -6.26. The van der Waals surface area contributed by atoms with Gasteiger partial charge in [0.15, 0.2) is 0 Å². The Kier molecular flexibility index (Phi) is 25.8. The van der Waals surface area contributed by atoms with Gasteiger partial charge in [0.2, 0.25) is 0 Å². The van der Waals surface area contributed by atoms with Crippen molar-refractivity contribution < 1.29 is 30.2 Å². The van der Waals surface area contributed by atoms with Crippen molar-refractivity contribution in [1.29, 1.82) is 1.34 Å². The first-order chi connectivity index (χ1) is 32.0. The minimum atomic E-state index is -1.50. The average Bonchev–Trinajstić information content (AvgIpc) is 3.34. The molecule has 9 aromatic rings. The van der Waals surface area contributed by atoms with Gasteiger partial charge in [-0.2, -0.15) is 0 Å². The molecule has 0 amide bonds. The van der Waals surface area contributed by atoms with Crippen molar-refractivity contribution in [2.45, 2.75) is 63.8 Å². The van der Waals surface area contributed by atoms with Crippen molar-refractivity contribution in [2.75, 3.05) is 0 Å². The third-order valence-electron chi connectivity index (χ3n) is 10.3. The van der Waals surface area contributed by atoms with E-state index in [0.717, 1.165) is 55.2 Å². The van der Waals surface area contributed by atoms with E-state index in [4.69, 9.17) is 1.34 Å². The van der Waals surface area contributed by atoms with Crippen LogP contribution in [-0.4, -0.2) is 56.8 Å². The zero-order valence-corrected chi connectivity index (χ0v) is 41.7. The van der Waals surface area contributed by atoms with Crippen LogP contribution in [0.15, 0.2) is 181 Å². The molecule has 9 rings (SSSR count). The quantitative estimate of drug-likeness (QED) is 0.0960. The number of hydrogen-bond donors (Lipinski definition) is 2. The van der Waals surface area contributed by atoms with Gasteiger partial charge >= 0.3 is 7.12 Å². The molecule has 69 heavy (non-hydrogen) atoms. The summed E-state index contributed by atoms with van der Waals surface area (Å²) in [6, 6.07) is 48.7. The second-order valence-corrected chi connectivity index (χ2v) is 15.7. The monoisotopic (exact) mass is 1160 g/mol. The molecule has 6 aromatic heterocycles. The predicted molar refractivity (Wildman–Crippen MR) is 292 cm³/mol. The zero-order valence-electron chi connectivity index (χ0n) is 38.7. The van der Waals surface area contributed by atoms with E-state index in [1.807, 2.05) is 111 Å². The van der Waals surface area contributed by atoms with Crippen LogP contribution in [-0.2, 0) is 20.1 Å². The Morgan fingerprint density at radius 3 is 1.29 bits per heavy atom. The number of aromatic nitrogens is 6. The van der Waals surface area contributed by atoms with Crippen LogP contribution in [0.4, 0.5) is 0 Å². The normalized spacial score (nSPS) is 9.61. The van der Waals surface area contributed by atoms with E-state index < -0.39 is 7.12 Å². The summed E-state index contributed by atoms with van der Waals surface area (Å²) < 4.78 is 6.13. The fourth-order valence-corrected chi connectivity index (χ4v) is 7.61. The first-order valence-electron chi connectivity index (χ1n) is 21.3. The summed E-state index contributed by atoms with van der Waals surface area (Å²) in [4.78, 5) is 26.2. The number of nitrogens with zero attached hydrogens (tertiary/aromatic N) is 6. The van der Waals surface area contributed by atoms with E-state index in [1.165, 1.54) is 33.4 Å². The van der Waals surface area contributed by atoms with Gasteiger partial charge in [-0.15, -0.1) is 12.1 Å². The molecule has 0 aliphatic heterocycles. The van der Waals surface area contributed by atoms with Crippen molar-refractivity contribution in [3.8, 4) is 56.3 Å². The molecule has 0 saturated carbocycles. The smallest absolute Gasteiger partial charge is 0.423 e. The van der Waals surface area contributed by atoms with E-state index >= 15 is 0 Å². The Bertz CT molecular complexity index is 2730. The number of halogens is 1. The van der Waals surface area contributed by atoms with Gasteiger partial charge < -0.3 is 20.0 Å². The predicted octanol–water partition coefficient (Wildman–Crippen LogP) is 12.8. The first-order valence-corrected chi connectivity index (χ1v) is 21.6. The van der Waals surface area contributed by atoms with Gasteiger partial charge in [0.25, 0.3) is 0 Å². The maximum atomic E-state index is 9.36. The Labute approximate surface area is 436 Å². The van der Waals surface area contributed by atoms with Crippen LogP contribution in [0, 0.1) is 47.6 Å². The van der Waals surface area contributed by atoms with E-state index in [9.17, 15) is 10.0 Å². The molecular weight excluding hydrogens is 1090 g/mol. The molecule has 12 heteroatoms. The van der Waals surface area contributed by atoms with Gasteiger partial charge in [-0.1, -0.05) is 130 Å². The van der Waals surface area contributed by atoms with Gasteiger partial charge in [-0.05, 0) is 147 Å². The van der Waals surface area contributed by atoms with Gasteiger partial charge in [-0.3, -0.25) is 15.0 Å². The third kappa shape index (κ3) is 16.2. The summed E-state index contributed by atoms with van der Waals surface area (Å²) in [6.07, 6.45) is 10.6. The van der Waals surface area contributed by atoms with Crippen LogP contribution in [0.5, 0.6) is 0 Å². The van der Waals surface area contributed by atoms with Crippen molar-refractivity contribution in [3.05, 3.63) is 221 Å². The molecule has 0 aliphatic carbocycles. The zero-order chi connectivity index (χ0) is 47.4. The van der Waals surface area contributed by atoms with Crippen molar-refractivity contribution in [3.63, 3.8) is 0 Å². The van der Waals surface area contributed by atoms with Gasteiger partial charge in [0, 0.05) is 81.6 Å². The summed E-state index contributed by atoms with van der Waals surface area (Å²) in [5.74, 6) is 0.